The monoisotopic (exact) mass is 463 g/mol. The zero-order valence-corrected chi connectivity index (χ0v) is 18.9. The lowest BCUT2D eigenvalue weighted by Gasteiger charge is -2.25. The zero-order valence-electron chi connectivity index (χ0n) is 18.1. The number of aliphatic hydroxyl groups excluding tert-OH is 1. The summed E-state index contributed by atoms with van der Waals surface area (Å²) in [6.07, 6.45) is 0. The minimum atomic E-state index is -0.841. The van der Waals surface area contributed by atoms with Crippen molar-refractivity contribution in [2.45, 2.75) is 13.0 Å². The molecule has 1 N–H and O–H groups in total. The average molecular weight is 464 g/mol. The number of carbonyl (C=O) groups excluding carboxylic acids is 2. The van der Waals surface area contributed by atoms with Crippen molar-refractivity contribution in [3.63, 3.8) is 0 Å². The molecule has 0 aliphatic carbocycles. The van der Waals surface area contributed by atoms with Gasteiger partial charge >= 0.3 is 0 Å². The first-order chi connectivity index (χ1) is 16.0. The van der Waals surface area contributed by atoms with Gasteiger partial charge in [0.15, 0.2) is 0 Å². The molecular formula is C26H22ClNO5. The number of nitrogens with zero attached hydrogens (tertiary/aromatic N) is 1. The fourth-order valence-corrected chi connectivity index (χ4v) is 4.08. The number of aliphatic hydroxyl groups is 1. The van der Waals surface area contributed by atoms with Crippen LogP contribution in [0.15, 0.2) is 78.4 Å². The van der Waals surface area contributed by atoms with Gasteiger partial charge in [0.25, 0.3) is 11.7 Å². The number of hydrogen-bond acceptors (Lipinski definition) is 5. The van der Waals surface area contributed by atoms with Crippen LogP contribution in [0.3, 0.4) is 0 Å². The third-order valence-electron chi connectivity index (χ3n) is 5.41. The van der Waals surface area contributed by atoms with Crippen molar-refractivity contribution < 1.29 is 24.2 Å². The molecule has 1 aliphatic rings. The maximum absolute atomic E-state index is 13.2. The maximum Gasteiger partial charge on any atom is 0.300 e. The van der Waals surface area contributed by atoms with Crippen LogP contribution in [0.1, 0.15) is 24.1 Å². The van der Waals surface area contributed by atoms with E-state index in [1.165, 1.54) is 18.1 Å². The van der Waals surface area contributed by atoms with Crippen LogP contribution in [-0.4, -0.2) is 30.5 Å². The second kappa shape index (κ2) is 9.38. The second-order valence-electron chi connectivity index (χ2n) is 7.35. The van der Waals surface area contributed by atoms with Crippen molar-refractivity contribution in [2.75, 3.05) is 18.6 Å². The standard InChI is InChI=1S/C26H22ClNO5/c1-3-33-18-11-9-17(10-12-18)28-23(16-7-5-4-6-8-16)22(25(30)26(28)31)24(29)20-15-19(32-2)13-14-21(20)27/h4-15,23,29H,3H2,1-2H3/b24-22+. The van der Waals surface area contributed by atoms with Crippen molar-refractivity contribution in [3.8, 4) is 11.5 Å². The van der Waals surface area contributed by atoms with Gasteiger partial charge in [0.1, 0.15) is 17.3 Å². The maximum atomic E-state index is 13.2. The summed E-state index contributed by atoms with van der Waals surface area (Å²) in [6.45, 7) is 2.39. The van der Waals surface area contributed by atoms with Crippen molar-refractivity contribution in [1.82, 2.24) is 0 Å². The van der Waals surface area contributed by atoms with E-state index in [1.807, 2.05) is 25.1 Å². The molecule has 1 unspecified atom stereocenters. The SMILES string of the molecule is CCOc1ccc(N2C(=O)C(=O)/C(=C(/O)c3cc(OC)ccc3Cl)C2c2ccccc2)cc1. The predicted octanol–water partition coefficient (Wildman–Crippen LogP) is 5.37. The van der Waals surface area contributed by atoms with Gasteiger partial charge in [-0.15, -0.1) is 0 Å². The number of ketones is 1. The largest absolute Gasteiger partial charge is 0.507 e. The Labute approximate surface area is 196 Å². The highest BCUT2D eigenvalue weighted by Crippen LogP contribution is 2.43. The molecule has 0 radical (unpaired) electrons. The molecule has 33 heavy (non-hydrogen) atoms. The van der Waals surface area contributed by atoms with Crippen LogP contribution in [0.2, 0.25) is 5.02 Å². The topological polar surface area (TPSA) is 76.1 Å². The normalized spacial score (nSPS) is 17.3. The van der Waals surface area contributed by atoms with E-state index in [-0.39, 0.29) is 21.9 Å². The van der Waals surface area contributed by atoms with Gasteiger partial charge in [-0.05, 0) is 55.0 Å². The summed E-state index contributed by atoms with van der Waals surface area (Å²) in [4.78, 5) is 27.8. The van der Waals surface area contributed by atoms with Gasteiger partial charge in [-0.3, -0.25) is 14.5 Å². The fourth-order valence-electron chi connectivity index (χ4n) is 3.88. The summed E-state index contributed by atoms with van der Waals surface area (Å²) in [6, 6.07) is 19.9. The van der Waals surface area contributed by atoms with Gasteiger partial charge in [0, 0.05) is 11.3 Å². The summed E-state index contributed by atoms with van der Waals surface area (Å²) in [5.74, 6) is -0.794. The number of carbonyl (C=O) groups is 2. The molecule has 4 rings (SSSR count). The van der Waals surface area contributed by atoms with Crippen molar-refractivity contribution in [1.29, 1.82) is 0 Å². The Kier molecular flexibility index (Phi) is 6.38. The summed E-state index contributed by atoms with van der Waals surface area (Å²) >= 11 is 6.33. The third kappa shape index (κ3) is 4.17. The van der Waals surface area contributed by atoms with Crippen molar-refractivity contribution in [3.05, 3.63) is 94.5 Å². The number of ether oxygens (including phenoxy) is 2. The number of halogens is 1. The van der Waals surface area contributed by atoms with Gasteiger partial charge in [-0.2, -0.15) is 0 Å². The van der Waals surface area contributed by atoms with E-state index in [2.05, 4.69) is 0 Å². The van der Waals surface area contributed by atoms with Crippen LogP contribution in [0.4, 0.5) is 5.69 Å². The Morgan fingerprint density at radius 2 is 1.67 bits per heavy atom. The summed E-state index contributed by atoms with van der Waals surface area (Å²) in [5.41, 5.74) is 1.34. The molecule has 168 valence electrons. The van der Waals surface area contributed by atoms with Gasteiger partial charge in [0.2, 0.25) is 0 Å². The number of rotatable bonds is 6. The first-order valence-corrected chi connectivity index (χ1v) is 10.8. The first-order valence-electron chi connectivity index (χ1n) is 10.4. The number of amides is 1. The molecule has 0 saturated carbocycles. The molecule has 1 heterocycles. The molecule has 1 fully saturated rings. The lowest BCUT2D eigenvalue weighted by molar-refractivity contribution is -0.132. The molecule has 0 aromatic heterocycles. The van der Waals surface area contributed by atoms with E-state index in [1.54, 1.807) is 48.5 Å². The van der Waals surface area contributed by atoms with E-state index >= 15 is 0 Å². The molecule has 1 atom stereocenters. The van der Waals surface area contributed by atoms with Gasteiger partial charge in [0.05, 0.1) is 30.4 Å². The highest BCUT2D eigenvalue weighted by Gasteiger charge is 2.47. The van der Waals surface area contributed by atoms with E-state index in [9.17, 15) is 14.7 Å². The minimum absolute atomic E-state index is 0.0461. The smallest absolute Gasteiger partial charge is 0.300 e. The molecular weight excluding hydrogens is 442 g/mol. The molecule has 7 heteroatoms. The van der Waals surface area contributed by atoms with E-state index in [0.29, 0.717) is 29.4 Å². The van der Waals surface area contributed by atoms with Crippen molar-refractivity contribution in [2.24, 2.45) is 0 Å². The Balaban J connectivity index is 1.91. The summed E-state index contributed by atoms with van der Waals surface area (Å²) in [7, 11) is 1.49. The Hall–Kier alpha value is -3.77. The van der Waals surface area contributed by atoms with E-state index in [4.69, 9.17) is 21.1 Å². The molecule has 3 aromatic carbocycles. The van der Waals surface area contributed by atoms with Crippen LogP contribution >= 0.6 is 11.6 Å². The minimum Gasteiger partial charge on any atom is -0.507 e. The van der Waals surface area contributed by atoms with Crippen molar-refractivity contribution >= 4 is 34.7 Å². The predicted molar refractivity (Wildman–Crippen MR) is 127 cm³/mol. The number of benzene rings is 3. The van der Waals surface area contributed by atoms with E-state index in [0.717, 1.165) is 0 Å². The summed E-state index contributed by atoms with van der Waals surface area (Å²) in [5, 5.41) is 11.5. The molecule has 3 aromatic rings. The quantitative estimate of drug-likeness (QED) is 0.302. The molecule has 1 amide bonds. The lowest BCUT2D eigenvalue weighted by Crippen LogP contribution is -2.29. The van der Waals surface area contributed by atoms with Gasteiger partial charge in [-0.1, -0.05) is 41.9 Å². The molecule has 6 nitrogen and oxygen atoms in total. The van der Waals surface area contributed by atoms with Gasteiger partial charge < -0.3 is 14.6 Å². The Morgan fingerprint density at radius 1 is 1.00 bits per heavy atom. The zero-order chi connectivity index (χ0) is 23.5. The lowest BCUT2D eigenvalue weighted by atomic mass is 9.95. The molecule has 1 aliphatic heterocycles. The fraction of sp³-hybridized carbons (Fsp3) is 0.154. The Morgan fingerprint density at radius 3 is 2.30 bits per heavy atom. The second-order valence-corrected chi connectivity index (χ2v) is 7.76. The molecule has 0 spiro atoms. The van der Waals surface area contributed by atoms with E-state index < -0.39 is 17.7 Å². The number of hydrogen-bond donors (Lipinski definition) is 1. The first kappa shape index (κ1) is 22.4. The number of methoxy groups -OCH3 is 1. The molecule has 0 bridgehead atoms. The highest BCUT2D eigenvalue weighted by atomic mass is 35.5. The average Bonchev–Trinajstić information content (AvgIpc) is 3.11. The number of Topliss-reactive ketones (excluding diaryl/α,β-unsaturated/α-hetero) is 1. The van der Waals surface area contributed by atoms with Gasteiger partial charge in [-0.25, -0.2) is 0 Å². The van der Waals surface area contributed by atoms with Crippen LogP contribution in [0.25, 0.3) is 5.76 Å². The third-order valence-corrected chi connectivity index (χ3v) is 5.74. The van der Waals surface area contributed by atoms with Crippen LogP contribution in [0.5, 0.6) is 11.5 Å². The van der Waals surface area contributed by atoms with Crippen LogP contribution in [0, 0.1) is 0 Å². The molecule has 1 saturated heterocycles. The number of anilines is 1. The highest BCUT2D eigenvalue weighted by molar-refractivity contribution is 6.52. The van der Waals surface area contributed by atoms with Crippen LogP contribution < -0.4 is 14.4 Å². The van der Waals surface area contributed by atoms with Crippen LogP contribution in [-0.2, 0) is 9.59 Å². The summed E-state index contributed by atoms with van der Waals surface area (Å²) < 4.78 is 10.7. The Bertz CT molecular complexity index is 1220.